The van der Waals surface area contributed by atoms with Gasteiger partial charge in [-0.3, -0.25) is 0 Å². The number of nitrogens with two attached hydrogens (primary N) is 1. The Bertz CT molecular complexity index is 421. The minimum Gasteiger partial charge on any atom is -0.397 e. The Morgan fingerprint density at radius 3 is 2.89 bits per heavy atom. The number of aliphatic hydroxyl groups is 1. The zero-order valence-electron chi connectivity index (χ0n) is 11.3. The Morgan fingerprint density at radius 2 is 2.28 bits per heavy atom. The number of nitrogens with zero attached hydrogens (tertiary/aromatic N) is 3. The van der Waals surface area contributed by atoms with E-state index in [1.807, 2.05) is 27.1 Å². The van der Waals surface area contributed by atoms with Gasteiger partial charge in [0.05, 0.1) is 18.0 Å². The largest absolute Gasteiger partial charge is 0.397 e. The first-order valence-electron chi connectivity index (χ1n) is 6.29. The fraction of sp³-hybridized carbons (Fsp3) is 0.615. The van der Waals surface area contributed by atoms with E-state index in [2.05, 4.69) is 14.8 Å². The van der Waals surface area contributed by atoms with Crippen LogP contribution in [0.4, 0.5) is 11.5 Å². The van der Waals surface area contributed by atoms with Crippen LogP contribution >= 0.6 is 0 Å². The highest BCUT2D eigenvalue weighted by Gasteiger charge is 2.32. The first-order chi connectivity index (χ1) is 8.47. The van der Waals surface area contributed by atoms with Crippen LogP contribution in [0.5, 0.6) is 0 Å². The molecule has 2 heterocycles. The van der Waals surface area contributed by atoms with Gasteiger partial charge < -0.3 is 20.6 Å². The lowest BCUT2D eigenvalue weighted by Gasteiger charge is -2.28. The molecule has 0 radical (unpaired) electrons. The summed E-state index contributed by atoms with van der Waals surface area (Å²) in [6.45, 7) is 3.58. The van der Waals surface area contributed by atoms with Crippen LogP contribution in [0, 0.1) is 6.92 Å². The molecule has 18 heavy (non-hydrogen) atoms. The third-order valence-corrected chi connectivity index (χ3v) is 3.31. The third-order valence-electron chi connectivity index (χ3n) is 3.31. The summed E-state index contributed by atoms with van der Waals surface area (Å²) in [5.74, 6) is 0.938. The highest BCUT2D eigenvalue weighted by molar-refractivity contribution is 5.54. The molecule has 2 rings (SSSR count). The Balaban J connectivity index is 2.24. The number of aryl methyl sites for hydroxylation is 1. The smallest absolute Gasteiger partial charge is 0.131 e. The molecule has 1 aromatic heterocycles. The molecular weight excluding hydrogens is 228 g/mol. The Hall–Kier alpha value is -1.33. The normalized spacial score (nSPS) is 23.9. The van der Waals surface area contributed by atoms with E-state index in [9.17, 15) is 5.11 Å². The van der Waals surface area contributed by atoms with Crippen molar-refractivity contribution in [2.45, 2.75) is 25.5 Å². The van der Waals surface area contributed by atoms with Gasteiger partial charge in [0.1, 0.15) is 5.82 Å². The van der Waals surface area contributed by atoms with Crippen LogP contribution < -0.4 is 10.6 Å². The maximum absolute atomic E-state index is 9.88. The number of β-amino-alcohol motifs (C(OH)–C–C–N with tert-alkyl or cyclic N) is 1. The number of anilines is 2. The van der Waals surface area contributed by atoms with Crippen molar-refractivity contribution in [2.24, 2.45) is 0 Å². The highest BCUT2D eigenvalue weighted by Crippen LogP contribution is 2.27. The molecule has 0 spiro atoms. The fourth-order valence-corrected chi connectivity index (χ4v) is 2.64. The molecule has 1 aliphatic rings. The van der Waals surface area contributed by atoms with Crippen molar-refractivity contribution in [3.63, 3.8) is 0 Å². The molecule has 0 aromatic carbocycles. The molecule has 0 aliphatic carbocycles. The molecule has 5 heteroatoms. The number of nitrogen functional groups attached to an aromatic ring is 1. The van der Waals surface area contributed by atoms with Gasteiger partial charge in [0, 0.05) is 19.1 Å². The quantitative estimate of drug-likeness (QED) is 0.816. The second-order valence-corrected chi connectivity index (χ2v) is 5.37. The molecule has 5 nitrogen and oxygen atoms in total. The SMILES string of the molecule is Cc1cc(N)cnc1N1CC(O)CC1CN(C)C. The van der Waals surface area contributed by atoms with Crippen LogP contribution in [0.15, 0.2) is 12.3 Å². The first-order valence-corrected chi connectivity index (χ1v) is 6.29. The fourth-order valence-electron chi connectivity index (χ4n) is 2.64. The van der Waals surface area contributed by atoms with Crippen molar-refractivity contribution in [3.8, 4) is 0 Å². The predicted octanol–water partition coefficient (Wildman–Crippen LogP) is 0.473. The van der Waals surface area contributed by atoms with E-state index in [1.54, 1.807) is 6.20 Å². The summed E-state index contributed by atoms with van der Waals surface area (Å²) in [6.07, 6.45) is 2.21. The van der Waals surface area contributed by atoms with Crippen LogP contribution in [-0.2, 0) is 0 Å². The summed E-state index contributed by atoms with van der Waals surface area (Å²) in [5.41, 5.74) is 7.47. The summed E-state index contributed by atoms with van der Waals surface area (Å²) in [6, 6.07) is 2.24. The van der Waals surface area contributed by atoms with Gasteiger partial charge in [-0.05, 0) is 39.1 Å². The summed E-state index contributed by atoms with van der Waals surface area (Å²) in [4.78, 5) is 8.76. The van der Waals surface area contributed by atoms with Gasteiger partial charge in [0.15, 0.2) is 0 Å². The van der Waals surface area contributed by atoms with Gasteiger partial charge in [-0.1, -0.05) is 0 Å². The standard InChI is InChI=1S/C13H22N4O/c1-9-4-10(14)6-15-13(9)17-8-12(18)5-11(17)7-16(2)3/h4,6,11-12,18H,5,7-8,14H2,1-3H3. The second kappa shape index (κ2) is 5.12. The number of hydrogen-bond donors (Lipinski definition) is 2. The second-order valence-electron chi connectivity index (χ2n) is 5.37. The van der Waals surface area contributed by atoms with Crippen LogP contribution in [-0.4, -0.2) is 54.3 Å². The van der Waals surface area contributed by atoms with E-state index >= 15 is 0 Å². The average molecular weight is 250 g/mol. The molecule has 1 aromatic rings. The van der Waals surface area contributed by atoms with Crippen LogP contribution in [0.1, 0.15) is 12.0 Å². The molecule has 2 unspecified atom stereocenters. The highest BCUT2D eigenvalue weighted by atomic mass is 16.3. The first kappa shape index (κ1) is 13.1. The summed E-state index contributed by atoms with van der Waals surface area (Å²) in [5, 5.41) is 9.88. The molecule has 100 valence electrons. The van der Waals surface area contributed by atoms with Crippen molar-refractivity contribution in [3.05, 3.63) is 17.8 Å². The number of hydrogen-bond acceptors (Lipinski definition) is 5. The average Bonchev–Trinajstić information content (AvgIpc) is 2.58. The maximum Gasteiger partial charge on any atom is 0.131 e. The van der Waals surface area contributed by atoms with Gasteiger partial charge >= 0.3 is 0 Å². The minimum atomic E-state index is -0.270. The van der Waals surface area contributed by atoms with Crippen molar-refractivity contribution in [1.29, 1.82) is 0 Å². The Kier molecular flexibility index (Phi) is 3.73. The molecular formula is C13H22N4O. The maximum atomic E-state index is 9.88. The Labute approximate surface area is 108 Å². The van der Waals surface area contributed by atoms with Crippen LogP contribution in [0.25, 0.3) is 0 Å². The topological polar surface area (TPSA) is 65.6 Å². The van der Waals surface area contributed by atoms with E-state index in [0.29, 0.717) is 18.3 Å². The predicted molar refractivity (Wildman–Crippen MR) is 73.7 cm³/mol. The Morgan fingerprint density at radius 1 is 1.56 bits per heavy atom. The van der Waals surface area contributed by atoms with Crippen LogP contribution in [0.3, 0.4) is 0 Å². The molecule has 1 fully saturated rings. The van der Waals surface area contributed by atoms with E-state index in [-0.39, 0.29) is 6.10 Å². The zero-order valence-corrected chi connectivity index (χ0v) is 11.3. The lowest BCUT2D eigenvalue weighted by molar-refractivity contribution is 0.191. The number of aromatic nitrogens is 1. The monoisotopic (exact) mass is 250 g/mol. The van der Waals surface area contributed by atoms with Gasteiger partial charge in [-0.2, -0.15) is 0 Å². The van der Waals surface area contributed by atoms with Crippen molar-refractivity contribution in [1.82, 2.24) is 9.88 Å². The van der Waals surface area contributed by atoms with Gasteiger partial charge in [0.2, 0.25) is 0 Å². The summed E-state index contributed by atoms with van der Waals surface area (Å²) >= 11 is 0. The molecule has 2 atom stereocenters. The number of aliphatic hydroxyl groups excluding tert-OH is 1. The number of rotatable bonds is 3. The third kappa shape index (κ3) is 2.73. The van der Waals surface area contributed by atoms with E-state index in [1.165, 1.54) is 0 Å². The van der Waals surface area contributed by atoms with Crippen molar-refractivity contribution >= 4 is 11.5 Å². The van der Waals surface area contributed by atoms with Gasteiger partial charge in [-0.15, -0.1) is 0 Å². The number of pyridine rings is 1. The summed E-state index contributed by atoms with van der Waals surface area (Å²) < 4.78 is 0. The molecule has 1 saturated heterocycles. The van der Waals surface area contributed by atoms with E-state index in [0.717, 1.165) is 24.3 Å². The lowest BCUT2D eigenvalue weighted by atomic mass is 10.2. The molecule has 0 saturated carbocycles. The lowest BCUT2D eigenvalue weighted by Crippen LogP contribution is -2.38. The van der Waals surface area contributed by atoms with E-state index < -0.39 is 0 Å². The molecule has 1 aliphatic heterocycles. The van der Waals surface area contributed by atoms with Crippen molar-refractivity contribution in [2.75, 3.05) is 37.8 Å². The minimum absolute atomic E-state index is 0.270. The molecule has 0 bridgehead atoms. The van der Waals surface area contributed by atoms with Crippen molar-refractivity contribution < 1.29 is 5.11 Å². The van der Waals surface area contributed by atoms with Gasteiger partial charge in [-0.25, -0.2) is 4.98 Å². The number of likely N-dealkylation sites (N-methyl/N-ethyl adjacent to an activating group) is 1. The zero-order chi connectivity index (χ0) is 13.3. The van der Waals surface area contributed by atoms with Crippen LogP contribution in [0.2, 0.25) is 0 Å². The van der Waals surface area contributed by atoms with E-state index in [4.69, 9.17) is 5.73 Å². The van der Waals surface area contributed by atoms with Gasteiger partial charge in [0.25, 0.3) is 0 Å². The molecule has 3 N–H and O–H groups in total. The molecule has 0 amide bonds. The summed E-state index contributed by atoms with van der Waals surface area (Å²) in [7, 11) is 4.10.